The van der Waals surface area contributed by atoms with Gasteiger partial charge in [0.25, 0.3) is 5.91 Å². The van der Waals surface area contributed by atoms with Gasteiger partial charge in [-0.25, -0.2) is 0 Å². The third-order valence-corrected chi connectivity index (χ3v) is 7.75. The summed E-state index contributed by atoms with van der Waals surface area (Å²) >= 11 is 0. The van der Waals surface area contributed by atoms with Gasteiger partial charge in [0.2, 0.25) is 0 Å². The summed E-state index contributed by atoms with van der Waals surface area (Å²) in [5.41, 5.74) is 3.11. The number of carbonyl (C=O) groups is 1. The molecule has 0 radical (unpaired) electrons. The predicted octanol–water partition coefficient (Wildman–Crippen LogP) is 5.41. The summed E-state index contributed by atoms with van der Waals surface area (Å²) in [7, 11) is 0. The average Bonchev–Trinajstić information content (AvgIpc) is 3.13. The highest BCUT2D eigenvalue weighted by Crippen LogP contribution is 2.41. The topological polar surface area (TPSA) is 81.0 Å². The van der Waals surface area contributed by atoms with Crippen molar-refractivity contribution in [3.63, 3.8) is 0 Å². The van der Waals surface area contributed by atoms with Crippen LogP contribution in [0.2, 0.25) is 0 Å². The van der Waals surface area contributed by atoms with Crippen LogP contribution in [0, 0.1) is 11.8 Å². The van der Waals surface area contributed by atoms with Crippen LogP contribution in [0.1, 0.15) is 91.9 Å². The van der Waals surface area contributed by atoms with Crippen LogP contribution in [0.3, 0.4) is 0 Å². The van der Waals surface area contributed by atoms with Gasteiger partial charge in [-0.15, -0.1) is 0 Å². The molecule has 1 saturated carbocycles. The molecule has 2 aromatic carbocycles. The number of nitrogens with zero attached hydrogens (tertiary/aromatic N) is 1. The molecule has 1 aliphatic carbocycles. The molecule has 3 N–H and O–H groups in total. The van der Waals surface area contributed by atoms with Gasteiger partial charge in [-0.1, -0.05) is 45.9 Å². The van der Waals surface area contributed by atoms with E-state index in [1.165, 1.54) is 6.07 Å². The Bertz CT molecular complexity index is 1020. The van der Waals surface area contributed by atoms with Crippen molar-refractivity contribution in [1.82, 2.24) is 4.90 Å². The molecule has 172 valence electrons. The number of amides is 1. The summed E-state index contributed by atoms with van der Waals surface area (Å²) in [6.45, 7) is 9.33. The van der Waals surface area contributed by atoms with Gasteiger partial charge in [0.05, 0.1) is 11.2 Å². The fourth-order valence-electron chi connectivity index (χ4n) is 5.14. The highest BCUT2D eigenvalue weighted by atomic mass is 16.3. The van der Waals surface area contributed by atoms with Gasteiger partial charge in [0, 0.05) is 19.2 Å². The van der Waals surface area contributed by atoms with Crippen molar-refractivity contribution in [2.45, 2.75) is 78.0 Å². The Balaban J connectivity index is 1.56. The molecule has 4 rings (SSSR count). The van der Waals surface area contributed by atoms with Gasteiger partial charge in [-0.05, 0) is 71.8 Å². The number of phenolic OH excluding ortho intramolecular Hbond substituents is 2. The summed E-state index contributed by atoms with van der Waals surface area (Å²) in [6, 6.07) is 8.97. The van der Waals surface area contributed by atoms with E-state index in [4.69, 9.17) is 0 Å². The number of phenols is 2. The molecule has 1 amide bonds. The summed E-state index contributed by atoms with van der Waals surface area (Å²) in [5.74, 6) is 0.804. The molecular weight excluding hydrogens is 402 g/mol. The minimum Gasteiger partial charge on any atom is -0.508 e. The number of hydrogen-bond donors (Lipinski definition) is 3. The fourth-order valence-corrected chi connectivity index (χ4v) is 5.14. The van der Waals surface area contributed by atoms with E-state index in [2.05, 4.69) is 19.9 Å². The van der Waals surface area contributed by atoms with Crippen molar-refractivity contribution in [2.75, 3.05) is 0 Å². The Labute approximate surface area is 190 Å². The van der Waals surface area contributed by atoms with E-state index in [0.717, 1.165) is 42.4 Å². The first-order chi connectivity index (χ1) is 15.1. The molecule has 1 aliphatic heterocycles. The number of hydrogen-bond acceptors (Lipinski definition) is 4. The van der Waals surface area contributed by atoms with Gasteiger partial charge >= 0.3 is 0 Å². The molecule has 1 heterocycles. The van der Waals surface area contributed by atoms with Crippen LogP contribution in [-0.4, -0.2) is 26.1 Å². The van der Waals surface area contributed by atoms with Gasteiger partial charge in [-0.3, -0.25) is 4.79 Å². The second kappa shape index (κ2) is 8.43. The maximum Gasteiger partial charge on any atom is 0.258 e. The number of aromatic hydroxyl groups is 2. The lowest BCUT2D eigenvalue weighted by Gasteiger charge is -2.28. The third-order valence-electron chi connectivity index (χ3n) is 7.75. The van der Waals surface area contributed by atoms with E-state index in [1.54, 1.807) is 11.0 Å². The van der Waals surface area contributed by atoms with Gasteiger partial charge in [-0.2, -0.15) is 0 Å². The standard InChI is InChI=1S/C27H35NO4/c1-16(2)22-12-23(25(30)13-24(22)29)26(31)28-14-19-5-6-21(11-20(19)15-28)27(32)9-7-17(3)18(4)8-10-27/h5-6,11-13,16-18,29-30,32H,7-10,14-15H2,1-4H3. The van der Waals surface area contributed by atoms with Gasteiger partial charge in [0.15, 0.2) is 0 Å². The van der Waals surface area contributed by atoms with Crippen LogP contribution in [0.4, 0.5) is 0 Å². The predicted molar refractivity (Wildman–Crippen MR) is 125 cm³/mol. The van der Waals surface area contributed by atoms with E-state index in [9.17, 15) is 20.1 Å². The number of aliphatic hydroxyl groups is 1. The first-order valence-electron chi connectivity index (χ1n) is 11.8. The fraction of sp³-hybridized carbons (Fsp3) is 0.519. The number of rotatable bonds is 3. The molecule has 0 aromatic heterocycles. The third kappa shape index (κ3) is 4.11. The largest absolute Gasteiger partial charge is 0.508 e. The summed E-state index contributed by atoms with van der Waals surface area (Å²) < 4.78 is 0. The number of benzene rings is 2. The Kier molecular flexibility index (Phi) is 5.97. The second-order valence-electron chi connectivity index (χ2n) is 10.3. The molecule has 0 spiro atoms. The van der Waals surface area contributed by atoms with E-state index in [-0.39, 0.29) is 28.9 Å². The van der Waals surface area contributed by atoms with E-state index < -0.39 is 5.60 Å². The van der Waals surface area contributed by atoms with Crippen LogP contribution in [0.5, 0.6) is 11.5 Å². The zero-order valence-corrected chi connectivity index (χ0v) is 19.6. The molecule has 5 nitrogen and oxygen atoms in total. The van der Waals surface area contributed by atoms with Crippen LogP contribution >= 0.6 is 0 Å². The minimum atomic E-state index is -0.813. The van der Waals surface area contributed by atoms with Crippen molar-refractivity contribution in [3.8, 4) is 11.5 Å². The molecular formula is C27H35NO4. The van der Waals surface area contributed by atoms with Gasteiger partial charge in [0.1, 0.15) is 11.5 Å². The highest BCUT2D eigenvalue weighted by Gasteiger charge is 2.35. The molecule has 0 saturated heterocycles. The molecule has 1 fully saturated rings. The van der Waals surface area contributed by atoms with Crippen LogP contribution in [0.25, 0.3) is 0 Å². The second-order valence-corrected chi connectivity index (χ2v) is 10.3. The van der Waals surface area contributed by atoms with Crippen molar-refractivity contribution >= 4 is 5.91 Å². The summed E-state index contributed by atoms with van der Waals surface area (Å²) in [6.07, 6.45) is 3.55. The Hall–Kier alpha value is -2.53. The molecule has 2 aromatic rings. The van der Waals surface area contributed by atoms with Crippen molar-refractivity contribution in [2.24, 2.45) is 11.8 Å². The van der Waals surface area contributed by atoms with Crippen LogP contribution in [0.15, 0.2) is 30.3 Å². The maximum atomic E-state index is 13.2. The Morgan fingerprint density at radius 1 is 0.969 bits per heavy atom. The van der Waals surface area contributed by atoms with Gasteiger partial charge < -0.3 is 20.2 Å². The van der Waals surface area contributed by atoms with Crippen LogP contribution < -0.4 is 0 Å². The zero-order chi connectivity index (χ0) is 23.2. The smallest absolute Gasteiger partial charge is 0.258 e. The highest BCUT2D eigenvalue weighted by molar-refractivity contribution is 5.97. The average molecular weight is 438 g/mol. The molecule has 32 heavy (non-hydrogen) atoms. The first kappa shape index (κ1) is 22.7. The summed E-state index contributed by atoms with van der Waals surface area (Å²) in [4.78, 5) is 14.9. The SMILES string of the molecule is CC(C)c1cc(C(=O)N2Cc3ccc(C4(O)CCC(C)C(C)CC4)cc3C2)c(O)cc1O. The molecule has 5 heteroatoms. The lowest BCUT2D eigenvalue weighted by atomic mass is 9.85. The van der Waals surface area contributed by atoms with E-state index in [1.807, 2.05) is 26.0 Å². The number of fused-ring (bicyclic) bond motifs is 1. The van der Waals surface area contributed by atoms with E-state index >= 15 is 0 Å². The monoisotopic (exact) mass is 437 g/mol. The molecule has 2 atom stereocenters. The van der Waals surface area contributed by atoms with Crippen molar-refractivity contribution in [3.05, 3.63) is 58.1 Å². The normalized spacial score (nSPS) is 25.6. The first-order valence-corrected chi connectivity index (χ1v) is 11.8. The molecule has 2 aliphatic rings. The van der Waals surface area contributed by atoms with Crippen molar-refractivity contribution in [1.29, 1.82) is 0 Å². The molecule has 0 bridgehead atoms. The van der Waals surface area contributed by atoms with Crippen molar-refractivity contribution < 1.29 is 20.1 Å². The number of carbonyl (C=O) groups excluding carboxylic acids is 1. The quantitative estimate of drug-likeness (QED) is 0.561. The Morgan fingerprint density at radius 2 is 1.59 bits per heavy atom. The minimum absolute atomic E-state index is 0.00341. The maximum absolute atomic E-state index is 13.2. The van der Waals surface area contributed by atoms with E-state index in [0.29, 0.717) is 30.5 Å². The lowest BCUT2D eigenvalue weighted by Crippen LogP contribution is -2.26. The Morgan fingerprint density at radius 3 is 2.22 bits per heavy atom. The zero-order valence-electron chi connectivity index (χ0n) is 19.6. The lowest BCUT2D eigenvalue weighted by molar-refractivity contribution is 0.0192. The summed E-state index contributed by atoms with van der Waals surface area (Å²) in [5, 5.41) is 31.9. The molecule has 2 unspecified atom stereocenters. The van der Waals surface area contributed by atoms with Crippen LogP contribution in [-0.2, 0) is 18.7 Å².